The van der Waals surface area contributed by atoms with Crippen molar-refractivity contribution in [3.8, 4) is 0 Å². The van der Waals surface area contributed by atoms with E-state index in [9.17, 15) is 9.59 Å². The van der Waals surface area contributed by atoms with Gasteiger partial charge in [0, 0.05) is 5.69 Å². The van der Waals surface area contributed by atoms with Crippen molar-refractivity contribution in [1.29, 1.82) is 0 Å². The lowest BCUT2D eigenvalue weighted by Crippen LogP contribution is -2.72. The highest BCUT2D eigenvalue weighted by atomic mass is 16.2. The fourth-order valence-corrected chi connectivity index (χ4v) is 2.49. The average molecular weight is 289 g/mol. The van der Waals surface area contributed by atoms with E-state index in [1.807, 2.05) is 32.0 Å². The van der Waals surface area contributed by atoms with Crippen LogP contribution in [0.4, 0.5) is 0 Å². The molecule has 1 aromatic heterocycles. The molecule has 5 heteroatoms. The summed E-state index contributed by atoms with van der Waals surface area (Å²) in [7, 11) is 0. The number of piperazine rings is 1. The largest absolute Gasteiger partial charge is 0.340 e. The molecule has 0 aromatic carbocycles. The van der Waals surface area contributed by atoms with Crippen molar-refractivity contribution < 1.29 is 9.59 Å². The highest BCUT2D eigenvalue weighted by molar-refractivity contribution is 6.01. The topological polar surface area (TPSA) is 62.3 Å². The first kappa shape index (κ1) is 15.5. The van der Waals surface area contributed by atoms with E-state index in [2.05, 4.69) is 10.3 Å². The van der Waals surface area contributed by atoms with Crippen LogP contribution in [-0.4, -0.2) is 32.8 Å². The number of rotatable bonds is 3. The van der Waals surface area contributed by atoms with Gasteiger partial charge in [-0.1, -0.05) is 13.0 Å². The Kier molecular flexibility index (Phi) is 3.78. The van der Waals surface area contributed by atoms with E-state index in [0.29, 0.717) is 13.0 Å². The molecule has 0 spiro atoms. The van der Waals surface area contributed by atoms with E-state index in [0.717, 1.165) is 11.4 Å². The molecule has 1 unspecified atom stereocenters. The van der Waals surface area contributed by atoms with Crippen LogP contribution in [0.5, 0.6) is 0 Å². The predicted molar refractivity (Wildman–Crippen MR) is 80.4 cm³/mol. The summed E-state index contributed by atoms with van der Waals surface area (Å²) >= 11 is 0. The Labute approximate surface area is 125 Å². The van der Waals surface area contributed by atoms with E-state index >= 15 is 0 Å². The third-order valence-electron chi connectivity index (χ3n) is 4.31. The van der Waals surface area contributed by atoms with Crippen molar-refractivity contribution in [2.45, 2.75) is 58.7 Å². The molecular weight excluding hydrogens is 266 g/mol. The smallest absolute Gasteiger partial charge is 0.249 e. The van der Waals surface area contributed by atoms with Gasteiger partial charge in [0.2, 0.25) is 11.8 Å². The van der Waals surface area contributed by atoms with Crippen molar-refractivity contribution in [2.75, 3.05) is 0 Å². The Hall–Kier alpha value is -1.91. The zero-order valence-corrected chi connectivity index (χ0v) is 13.4. The summed E-state index contributed by atoms with van der Waals surface area (Å²) in [6, 6.07) is 5.71. The van der Waals surface area contributed by atoms with E-state index in [4.69, 9.17) is 0 Å². The van der Waals surface area contributed by atoms with Gasteiger partial charge in [-0.15, -0.1) is 0 Å². The number of hydrogen-bond donors (Lipinski definition) is 1. The van der Waals surface area contributed by atoms with E-state index < -0.39 is 11.1 Å². The zero-order valence-electron chi connectivity index (χ0n) is 13.4. The molecule has 1 fully saturated rings. The molecule has 1 aliphatic rings. The molecule has 114 valence electrons. The maximum Gasteiger partial charge on any atom is 0.249 e. The molecule has 1 aromatic rings. The summed E-state index contributed by atoms with van der Waals surface area (Å²) in [6.07, 6.45) is 0.561. The molecule has 21 heavy (non-hydrogen) atoms. The Morgan fingerprint density at radius 3 is 2.48 bits per heavy atom. The van der Waals surface area contributed by atoms with Crippen LogP contribution in [0.25, 0.3) is 0 Å². The van der Waals surface area contributed by atoms with Gasteiger partial charge in [0.15, 0.2) is 0 Å². The van der Waals surface area contributed by atoms with E-state index in [1.54, 1.807) is 25.7 Å². The summed E-state index contributed by atoms with van der Waals surface area (Å²) in [4.78, 5) is 31.3. The number of carbonyl (C=O) groups excluding carboxylic acids is 2. The Bertz CT molecular complexity index is 583. The van der Waals surface area contributed by atoms with Crippen molar-refractivity contribution >= 4 is 11.8 Å². The van der Waals surface area contributed by atoms with Gasteiger partial charge in [-0.05, 0) is 46.2 Å². The van der Waals surface area contributed by atoms with E-state index in [-0.39, 0.29) is 11.8 Å². The zero-order chi connectivity index (χ0) is 15.8. The molecule has 5 nitrogen and oxygen atoms in total. The minimum absolute atomic E-state index is 0.0575. The second kappa shape index (κ2) is 5.13. The van der Waals surface area contributed by atoms with Crippen LogP contribution in [0.15, 0.2) is 18.2 Å². The van der Waals surface area contributed by atoms with Crippen LogP contribution < -0.4 is 5.32 Å². The van der Waals surface area contributed by atoms with E-state index in [1.165, 1.54) is 0 Å². The highest BCUT2D eigenvalue weighted by Gasteiger charge is 2.51. The molecule has 0 radical (unpaired) electrons. The van der Waals surface area contributed by atoms with Gasteiger partial charge in [0.1, 0.15) is 11.1 Å². The summed E-state index contributed by atoms with van der Waals surface area (Å²) in [5, 5.41) is 2.86. The van der Waals surface area contributed by atoms with Crippen molar-refractivity contribution in [2.24, 2.45) is 0 Å². The van der Waals surface area contributed by atoms with Crippen LogP contribution in [0.2, 0.25) is 0 Å². The monoisotopic (exact) mass is 289 g/mol. The molecule has 0 saturated carbocycles. The minimum Gasteiger partial charge on any atom is -0.340 e. The first-order chi connectivity index (χ1) is 9.70. The number of nitrogens with zero attached hydrogens (tertiary/aromatic N) is 2. The third-order valence-corrected chi connectivity index (χ3v) is 4.31. The molecule has 2 rings (SSSR count). The maximum absolute atomic E-state index is 12.8. The SMILES string of the molecule is CCC1(C)NC(=O)C(C)(C)N(Cc2cccc(C)n2)C1=O. The van der Waals surface area contributed by atoms with Gasteiger partial charge in [-0.25, -0.2) is 0 Å². The number of carbonyl (C=O) groups is 2. The number of aromatic nitrogens is 1. The summed E-state index contributed by atoms with van der Waals surface area (Å²) in [6.45, 7) is 9.47. The van der Waals surface area contributed by atoms with Crippen LogP contribution in [-0.2, 0) is 16.1 Å². The summed E-state index contributed by atoms with van der Waals surface area (Å²) in [5.41, 5.74) is -0.0183. The minimum atomic E-state index is -0.878. The quantitative estimate of drug-likeness (QED) is 0.923. The first-order valence-corrected chi connectivity index (χ1v) is 7.28. The normalized spacial score (nSPS) is 24.9. The lowest BCUT2D eigenvalue weighted by atomic mass is 9.86. The fraction of sp³-hybridized carbons (Fsp3) is 0.562. The van der Waals surface area contributed by atoms with Crippen LogP contribution in [0.3, 0.4) is 0 Å². The number of amides is 2. The number of hydrogen-bond acceptors (Lipinski definition) is 3. The number of pyridine rings is 1. The molecular formula is C16H23N3O2. The molecule has 1 atom stereocenters. The Morgan fingerprint density at radius 2 is 1.90 bits per heavy atom. The van der Waals surface area contributed by atoms with Crippen LogP contribution in [0.1, 0.15) is 45.5 Å². The summed E-state index contributed by atoms with van der Waals surface area (Å²) in [5.74, 6) is -0.183. The molecule has 0 aliphatic carbocycles. The van der Waals surface area contributed by atoms with Crippen molar-refractivity contribution in [1.82, 2.24) is 15.2 Å². The molecule has 0 bridgehead atoms. The van der Waals surface area contributed by atoms with Gasteiger partial charge in [0.25, 0.3) is 0 Å². The van der Waals surface area contributed by atoms with Crippen LogP contribution >= 0.6 is 0 Å². The van der Waals surface area contributed by atoms with Gasteiger partial charge in [-0.3, -0.25) is 14.6 Å². The maximum atomic E-state index is 12.8. The number of aryl methyl sites for hydroxylation is 1. The van der Waals surface area contributed by atoms with Crippen LogP contribution in [0, 0.1) is 6.92 Å². The molecule has 2 heterocycles. The lowest BCUT2D eigenvalue weighted by molar-refractivity contribution is -0.161. The van der Waals surface area contributed by atoms with Crippen molar-refractivity contribution in [3.63, 3.8) is 0 Å². The number of nitrogens with one attached hydrogen (secondary N) is 1. The van der Waals surface area contributed by atoms with Gasteiger partial charge < -0.3 is 10.2 Å². The second-order valence-electron chi connectivity index (χ2n) is 6.36. The first-order valence-electron chi connectivity index (χ1n) is 7.28. The average Bonchev–Trinajstić information content (AvgIpc) is 2.42. The lowest BCUT2D eigenvalue weighted by Gasteiger charge is -2.48. The molecule has 1 aliphatic heterocycles. The molecule has 2 amide bonds. The highest BCUT2D eigenvalue weighted by Crippen LogP contribution is 2.29. The third kappa shape index (κ3) is 2.64. The standard InChI is InChI=1S/C16H23N3O2/c1-6-16(5)14(21)19(15(3,4)13(20)18-16)10-12-9-7-8-11(2)17-12/h7-9H,6,10H2,1-5H3,(H,18,20). The van der Waals surface area contributed by atoms with Crippen molar-refractivity contribution in [3.05, 3.63) is 29.6 Å². The Morgan fingerprint density at radius 1 is 1.24 bits per heavy atom. The molecule has 1 saturated heterocycles. The fourth-order valence-electron chi connectivity index (χ4n) is 2.49. The Balaban J connectivity index is 2.37. The van der Waals surface area contributed by atoms with Gasteiger partial charge in [0.05, 0.1) is 12.2 Å². The second-order valence-corrected chi connectivity index (χ2v) is 6.36. The van der Waals surface area contributed by atoms with Gasteiger partial charge in [-0.2, -0.15) is 0 Å². The summed E-state index contributed by atoms with van der Waals surface area (Å²) < 4.78 is 0. The molecule has 1 N–H and O–H groups in total. The predicted octanol–water partition coefficient (Wildman–Crippen LogP) is 1.80. The van der Waals surface area contributed by atoms with Gasteiger partial charge >= 0.3 is 0 Å².